The fourth-order valence-electron chi connectivity index (χ4n) is 5.93. The van der Waals surface area contributed by atoms with Crippen LogP contribution in [0.25, 0.3) is 27.5 Å². The van der Waals surface area contributed by atoms with Gasteiger partial charge in [0.25, 0.3) is 0 Å². The Kier molecular flexibility index (Phi) is 7.81. The number of piperidine rings is 1. The Hall–Kier alpha value is -5.13. The standard InChI is InChI=1S/C33H39N9O3/c1-33(2,3)45-32(44)39(4)19-28(43)40-14-12-22(13-15-40)27-17-25(29-30(34)36-20-37-42(27)29)23-10-11-24-26(16-23)38-41(31(24)35)18-21-8-6-5-7-9-21/h5-11,16-17,20,22H,12-15,18-19,35H2,1-4H3,(H2,34,36,37). The molecule has 1 aliphatic rings. The van der Waals surface area contributed by atoms with Crippen LogP contribution in [-0.4, -0.2) is 78.5 Å². The molecule has 0 bridgehead atoms. The number of ether oxygens (including phenoxy) is 1. The lowest BCUT2D eigenvalue weighted by molar-refractivity contribution is -0.133. The summed E-state index contributed by atoms with van der Waals surface area (Å²) in [7, 11) is 1.58. The Bertz CT molecular complexity index is 1870. The van der Waals surface area contributed by atoms with Gasteiger partial charge in [0.2, 0.25) is 5.91 Å². The second kappa shape index (κ2) is 11.8. The van der Waals surface area contributed by atoms with Crippen molar-refractivity contribution in [1.82, 2.24) is 34.2 Å². The zero-order chi connectivity index (χ0) is 31.9. The van der Waals surface area contributed by atoms with Crippen molar-refractivity contribution in [2.75, 3.05) is 38.1 Å². The monoisotopic (exact) mass is 609 g/mol. The number of carbonyl (C=O) groups is 2. The van der Waals surface area contributed by atoms with Gasteiger partial charge in [-0.15, -0.1) is 0 Å². The predicted octanol–water partition coefficient (Wildman–Crippen LogP) is 4.53. The lowest BCUT2D eigenvalue weighted by Gasteiger charge is -2.33. The fourth-order valence-corrected chi connectivity index (χ4v) is 5.93. The Morgan fingerprint density at radius 3 is 2.49 bits per heavy atom. The highest BCUT2D eigenvalue weighted by Crippen LogP contribution is 2.38. The van der Waals surface area contributed by atoms with Crippen LogP contribution in [0.15, 0.2) is 60.9 Å². The molecular weight excluding hydrogens is 570 g/mol. The number of anilines is 2. The van der Waals surface area contributed by atoms with E-state index in [0.29, 0.717) is 31.3 Å². The molecule has 12 nitrogen and oxygen atoms in total. The molecule has 5 aromatic rings. The largest absolute Gasteiger partial charge is 0.444 e. The smallest absolute Gasteiger partial charge is 0.410 e. The first-order valence-corrected chi connectivity index (χ1v) is 15.1. The molecular formula is C33H39N9O3. The number of nitrogen functional groups attached to an aromatic ring is 2. The van der Waals surface area contributed by atoms with Crippen LogP contribution in [0.4, 0.5) is 16.4 Å². The summed E-state index contributed by atoms with van der Waals surface area (Å²) in [5.74, 6) is 1.05. The molecule has 12 heteroatoms. The van der Waals surface area contributed by atoms with E-state index in [1.54, 1.807) is 27.8 Å². The summed E-state index contributed by atoms with van der Waals surface area (Å²) in [4.78, 5) is 32.8. The predicted molar refractivity (Wildman–Crippen MR) is 174 cm³/mol. The number of nitrogens with two attached hydrogens (primary N) is 2. The van der Waals surface area contributed by atoms with Crippen molar-refractivity contribution < 1.29 is 14.3 Å². The number of carbonyl (C=O) groups excluding carboxylic acids is 2. The van der Waals surface area contributed by atoms with Gasteiger partial charge in [-0.05, 0) is 62.9 Å². The number of fused-ring (bicyclic) bond motifs is 2. The molecule has 2 aromatic carbocycles. The Balaban J connectivity index is 1.22. The minimum Gasteiger partial charge on any atom is -0.444 e. The number of hydrogen-bond donors (Lipinski definition) is 2. The highest BCUT2D eigenvalue weighted by molar-refractivity contribution is 5.96. The third kappa shape index (κ3) is 6.13. The Morgan fingerprint density at radius 1 is 1.04 bits per heavy atom. The van der Waals surface area contributed by atoms with Gasteiger partial charge in [0.15, 0.2) is 5.82 Å². The van der Waals surface area contributed by atoms with E-state index < -0.39 is 11.7 Å². The summed E-state index contributed by atoms with van der Waals surface area (Å²) in [5, 5.41) is 10.3. The van der Waals surface area contributed by atoms with E-state index in [9.17, 15) is 9.59 Å². The second-order valence-corrected chi connectivity index (χ2v) is 12.6. The first-order chi connectivity index (χ1) is 21.5. The molecule has 4 N–H and O–H groups in total. The van der Waals surface area contributed by atoms with E-state index in [4.69, 9.17) is 21.3 Å². The number of amides is 2. The number of benzene rings is 2. The number of nitrogens with zero attached hydrogens (tertiary/aromatic N) is 7. The van der Waals surface area contributed by atoms with Crippen LogP contribution < -0.4 is 11.5 Å². The lowest BCUT2D eigenvalue weighted by Crippen LogP contribution is -2.45. The van der Waals surface area contributed by atoms with Crippen molar-refractivity contribution in [2.45, 2.75) is 51.7 Å². The van der Waals surface area contributed by atoms with Crippen LogP contribution >= 0.6 is 0 Å². The molecule has 4 heterocycles. The SMILES string of the molecule is CN(CC(=O)N1CCC(c2cc(-c3ccc4c(N)n(Cc5ccccc5)nc4c3)c3c(N)ncnn23)CC1)C(=O)OC(C)(C)C. The summed E-state index contributed by atoms with van der Waals surface area (Å²) in [6.07, 6.45) is 2.45. The van der Waals surface area contributed by atoms with E-state index in [0.717, 1.165) is 51.6 Å². The molecule has 0 saturated carbocycles. The first kappa shape index (κ1) is 29.9. The Labute approximate surface area is 261 Å². The minimum atomic E-state index is -0.623. The molecule has 0 unspecified atom stereocenters. The van der Waals surface area contributed by atoms with E-state index in [1.165, 1.54) is 11.2 Å². The molecule has 0 atom stereocenters. The average Bonchev–Trinajstić information content (AvgIpc) is 3.55. The van der Waals surface area contributed by atoms with Crippen LogP contribution in [-0.2, 0) is 16.1 Å². The molecule has 3 aromatic heterocycles. The van der Waals surface area contributed by atoms with Gasteiger partial charge in [-0.2, -0.15) is 10.2 Å². The fraction of sp³-hybridized carbons (Fsp3) is 0.364. The van der Waals surface area contributed by atoms with Gasteiger partial charge in [0.1, 0.15) is 29.8 Å². The van der Waals surface area contributed by atoms with Gasteiger partial charge in [0.05, 0.1) is 12.1 Å². The maximum atomic E-state index is 13.0. The number of likely N-dealkylation sites (N-methyl/N-ethyl adjacent to an activating group) is 1. The number of rotatable bonds is 6. The average molecular weight is 610 g/mol. The van der Waals surface area contributed by atoms with Crippen LogP contribution in [0.1, 0.15) is 50.8 Å². The van der Waals surface area contributed by atoms with Gasteiger partial charge in [-0.25, -0.2) is 19.0 Å². The maximum absolute atomic E-state index is 13.0. The highest BCUT2D eigenvalue weighted by Gasteiger charge is 2.29. The second-order valence-electron chi connectivity index (χ2n) is 12.6. The highest BCUT2D eigenvalue weighted by atomic mass is 16.6. The number of hydrogen-bond acceptors (Lipinski definition) is 8. The van der Waals surface area contributed by atoms with Crippen LogP contribution in [0, 0.1) is 0 Å². The molecule has 1 aliphatic heterocycles. The molecule has 0 radical (unpaired) electrons. The summed E-state index contributed by atoms with van der Waals surface area (Å²) in [6.45, 7) is 7.09. The van der Waals surface area contributed by atoms with Gasteiger partial charge in [0, 0.05) is 42.7 Å². The van der Waals surface area contributed by atoms with Crippen molar-refractivity contribution >= 4 is 40.1 Å². The molecule has 0 aliphatic carbocycles. The van der Waals surface area contributed by atoms with E-state index in [1.807, 2.05) is 50.5 Å². The molecule has 2 amide bonds. The van der Waals surface area contributed by atoms with Crippen LogP contribution in [0.2, 0.25) is 0 Å². The maximum Gasteiger partial charge on any atom is 0.410 e. The summed E-state index contributed by atoms with van der Waals surface area (Å²) in [6, 6.07) is 18.3. The van der Waals surface area contributed by atoms with E-state index >= 15 is 0 Å². The molecule has 234 valence electrons. The lowest BCUT2D eigenvalue weighted by atomic mass is 9.93. The molecule has 6 rings (SSSR count). The van der Waals surface area contributed by atoms with Gasteiger partial charge < -0.3 is 26.0 Å². The first-order valence-electron chi connectivity index (χ1n) is 15.1. The summed E-state index contributed by atoms with van der Waals surface area (Å²) in [5.41, 5.74) is 17.8. The van der Waals surface area contributed by atoms with Gasteiger partial charge in [-0.1, -0.05) is 36.4 Å². The molecule has 45 heavy (non-hydrogen) atoms. The van der Waals surface area contributed by atoms with Crippen LogP contribution in [0.5, 0.6) is 0 Å². The van der Waals surface area contributed by atoms with E-state index in [-0.39, 0.29) is 18.4 Å². The summed E-state index contributed by atoms with van der Waals surface area (Å²) < 4.78 is 9.09. The van der Waals surface area contributed by atoms with E-state index in [2.05, 4.69) is 28.3 Å². The summed E-state index contributed by atoms with van der Waals surface area (Å²) >= 11 is 0. The molecule has 0 spiro atoms. The normalized spacial score (nSPS) is 14.3. The zero-order valence-corrected chi connectivity index (χ0v) is 26.1. The Morgan fingerprint density at radius 2 is 1.78 bits per heavy atom. The molecule has 1 saturated heterocycles. The third-order valence-electron chi connectivity index (χ3n) is 8.22. The van der Waals surface area contributed by atoms with Crippen molar-refractivity contribution in [3.63, 3.8) is 0 Å². The van der Waals surface area contributed by atoms with Crippen molar-refractivity contribution in [1.29, 1.82) is 0 Å². The van der Waals surface area contributed by atoms with Crippen molar-refractivity contribution in [3.05, 3.63) is 72.2 Å². The number of likely N-dealkylation sites (tertiary alicyclic amines) is 1. The zero-order valence-electron chi connectivity index (χ0n) is 26.1. The topological polar surface area (TPSA) is 150 Å². The minimum absolute atomic E-state index is 0.0321. The van der Waals surface area contributed by atoms with Gasteiger partial charge >= 0.3 is 6.09 Å². The van der Waals surface area contributed by atoms with Gasteiger partial charge in [-0.3, -0.25) is 4.79 Å². The van der Waals surface area contributed by atoms with Crippen LogP contribution in [0.3, 0.4) is 0 Å². The third-order valence-corrected chi connectivity index (χ3v) is 8.22. The molecule has 1 fully saturated rings. The quantitative estimate of drug-likeness (QED) is 0.285. The number of aromatic nitrogens is 5. The van der Waals surface area contributed by atoms with Crippen molar-refractivity contribution in [2.24, 2.45) is 0 Å². The van der Waals surface area contributed by atoms with Crippen molar-refractivity contribution in [3.8, 4) is 11.1 Å².